The van der Waals surface area contributed by atoms with Crippen molar-refractivity contribution < 1.29 is 13.6 Å². The van der Waals surface area contributed by atoms with Gasteiger partial charge < -0.3 is 10.6 Å². The zero-order chi connectivity index (χ0) is 19.7. The van der Waals surface area contributed by atoms with E-state index in [0.717, 1.165) is 11.9 Å². The Morgan fingerprint density at radius 1 is 1.14 bits per heavy atom. The summed E-state index contributed by atoms with van der Waals surface area (Å²) in [6, 6.07) is 4.64. The summed E-state index contributed by atoms with van der Waals surface area (Å²) < 4.78 is 27.2. The van der Waals surface area contributed by atoms with Gasteiger partial charge >= 0.3 is 0 Å². The van der Waals surface area contributed by atoms with Crippen molar-refractivity contribution in [2.75, 3.05) is 23.7 Å². The van der Waals surface area contributed by atoms with Crippen LogP contribution in [0.5, 0.6) is 0 Å². The Morgan fingerprint density at radius 3 is 2.54 bits per heavy atom. The summed E-state index contributed by atoms with van der Waals surface area (Å²) >= 11 is 0. The van der Waals surface area contributed by atoms with Gasteiger partial charge in [0.05, 0.1) is 6.04 Å². The third-order valence-electron chi connectivity index (χ3n) is 5.15. The number of nitrogen functional groups attached to an aromatic ring is 1. The lowest BCUT2D eigenvalue weighted by molar-refractivity contribution is -0.138. The molecule has 1 aromatic heterocycles. The monoisotopic (exact) mass is 386 g/mol. The van der Waals surface area contributed by atoms with Crippen molar-refractivity contribution in [2.45, 2.75) is 25.3 Å². The first-order chi connectivity index (χ1) is 13.5. The van der Waals surface area contributed by atoms with Gasteiger partial charge in [-0.25, -0.2) is 18.8 Å². The molecule has 9 heteroatoms. The highest BCUT2D eigenvalue weighted by molar-refractivity contribution is 5.82. The molecule has 1 atom stereocenters. The standard InChI is InChI=1S/C19H20F2N6O/c20-14-9-13(10-15(21)11-14)16-1-6-24-27(16)18(28)12-3-7-26(8-4-12)17-2-5-23-19(22)25-17/h2,5-6,9-12,16H,1,3-4,7-8H2,(H2,22,23,25). The number of hydrogen-bond donors (Lipinski definition) is 1. The summed E-state index contributed by atoms with van der Waals surface area (Å²) in [5, 5.41) is 5.55. The van der Waals surface area contributed by atoms with E-state index in [1.165, 1.54) is 17.1 Å². The maximum absolute atomic E-state index is 13.6. The van der Waals surface area contributed by atoms with E-state index in [4.69, 9.17) is 5.73 Å². The van der Waals surface area contributed by atoms with Crippen LogP contribution in [0.3, 0.4) is 0 Å². The number of hydrogen-bond acceptors (Lipinski definition) is 6. The molecule has 146 valence electrons. The lowest BCUT2D eigenvalue weighted by atomic mass is 9.94. The lowest BCUT2D eigenvalue weighted by Crippen LogP contribution is -2.41. The van der Waals surface area contributed by atoms with Crippen molar-refractivity contribution >= 4 is 23.9 Å². The molecule has 0 bridgehead atoms. The Morgan fingerprint density at radius 2 is 1.86 bits per heavy atom. The molecule has 2 aromatic rings. The quantitative estimate of drug-likeness (QED) is 0.876. The molecule has 2 aliphatic rings. The van der Waals surface area contributed by atoms with E-state index in [9.17, 15) is 13.6 Å². The number of halogens is 2. The predicted molar refractivity (Wildman–Crippen MR) is 100 cm³/mol. The van der Waals surface area contributed by atoms with E-state index >= 15 is 0 Å². The molecule has 0 radical (unpaired) electrons. The topological polar surface area (TPSA) is 87.7 Å². The lowest BCUT2D eigenvalue weighted by Gasteiger charge is -2.34. The van der Waals surface area contributed by atoms with Crippen LogP contribution < -0.4 is 10.6 Å². The van der Waals surface area contributed by atoms with E-state index < -0.39 is 17.7 Å². The first-order valence-electron chi connectivity index (χ1n) is 9.16. The fraction of sp³-hybridized carbons (Fsp3) is 0.368. The smallest absolute Gasteiger partial charge is 0.246 e. The van der Waals surface area contributed by atoms with Crippen LogP contribution in [0.2, 0.25) is 0 Å². The van der Waals surface area contributed by atoms with Gasteiger partial charge in [0.2, 0.25) is 11.9 Å². The van der Waals surface area contributed by atoms with Crippen LogP contribution in [-0.4, -0.2) is 40.2 Å². The van der Waals surface area contributed by atoms with E-state index in [0.29, 0.717) is 37.9 Å². The number of anilines is 2. The number of benzene rings is 1. The predicted octanol–water partition coefficient (Wildman–Crippen LogP) is 2.51. The number of nitrogens with zero attached hydrogens (tertiary/aromatic N) is 5. The highest BCUT2D eigenvalue weighted by Crippen LogP contribution is 2.33. The highest BCUT2D eigenvalue weighted by atomic mass is 19.1. The molecule has 1 unspecified atom stereocenters. The zero-order valence-electron chi connectivity index (χ0n) is 15.1. The molecular weight excluding hydrogens is 366 g/mol. The Balaban J connectivity index is 1.44. The van der Waals surface area contributed by atoms with Crippen molar-refractivity contribution in [3.05, 3.63) is 47.7 Å². The summed E-state index contributed by atoms with van der Waals surface area (Å²) in [6.45, 7) is 1.31. The van der Waals surface area contributed by atoms with E-state index in [1.807, 2.05) is 0 Å². The molecule has 1 saturated heterocycles. The molecule has 0 aliphatic carbocycles. The summed E-state index contributed by atoms with van der Waals surface area (Å²) in [7, 11) is 0. The van der Waals surface area contributed by atoms with Gasteiger partial charge in [-0.3, -0.25) is 4.79 Å². The van der Waals surface area contributed by atoms with Crippen LogP contribution in [-0.2, 0) is 4.79 Å². The average molecular weight is 386 g/mol. The Labute approximate surface area is 160 Å². The third-order valence-corrected chi connectivity index (χ3v) is 5.15. The third kappa shape index (κ3) is 3.64. The van der Waals surface area contributed by atoms with Crippen LogP contribution >= 0.6 is 0 Å². The van der Waals surface area contributed by atoms with Crippen molar-refractivity contribution in [2.24, 2.45) is 11.0 Å². The number of nitrogens with two attached hydrogens (primary N) is 1. The van der Waals surface area contributed by atoms with Gasteiger partial charge in [-0.05, 0) is 36.6 Å². The minimum Gasteiger partial charge on any atom is -0.368 e. The van der Waals surface area contributed by atoms with Gasteiger partial charge in [0, 0.05) is 43.9 Å². The molecule has 7 nitrogen and oxygen atoms in total. The second kappa shape index (κ2) is 7.49. The van der Waals surface area contributed by atoms with Crippen LogP contribution in [0.1, 0.15) is 30.9 Å². The van der Waals surface area contributed by atoms with Crippen molar-refractivity contribution in [1.29, 1.82) is 0 Å². The number of hydrazone groups is 1. The SMILES string of the molecule is Nc1nccc(N2CCC(C(=O)N3N=CCC3c3cc(F)cc(F)c3)CC2)n1. The second-order valence-corrected chi connectivity index (χ2v) is 6.97. The molecule has 2 N–H and O–H groups in total. The molecule has 1 aromatic carbocycles. The van der Waals surface area contributed by atoms with Crippen LogP contribution in [0.4, 0.5) is 20.5 Å². The van der Waals surface area contributed by atoms with Gasteiger partial charge in [0.15, 0.2) is 0 Å². The molecule has 0 saturated carbocycles. The molecule has 28 heavy (non-hydrogen) atoms. The van der Waals surface area contributed by atoms with E-state index in [1.54, 1.807) is 18.5 Å². The highest BCUT2D eigenvalue weighted by Gasteiger charge is 2.35. The summed E-state index contributed by atoms with van der Waals surface area (Å²) in [4.78, 5) is 23.2. The summed E-state index contributed by atoms with van der Waals surface area (Å²) in [5.74, 6) is -0.687. The maximum atomic E-state index is 13.6. The van der Waals surface area contributed by atoms with Gasteiger partial charge in [-0.15, -0.1) is 0 Å². The Kier molecular flexibility index (Phi) is 4.89. The van der Waals surface area contributed by atoms with Crippen molar-refractivity contribution in [3.8, 4) is 0 Å². The van der Waals surface area contributed by atoms with Gasteiger partial charge in [0.25, 0.3) is 0 Å². The van der Waals surface area contributed by atoms with Crippen molar-refractivity contribution in [3.63, 3.8) is 0 Å². The largest absolute Gasteiger partial charge is 0.368 e. The zero-order valence-corrected chi connectivity index (χ0v) is 15.1. The molecule has 2 aliphatic heterocycles. The van der Waals surface area contributed by atoms with Crippen molar-refractivity contribution in [1.82, 2.24) is 15.0 Å². The van der Waals surface area contributed by atoms with Gasteiger partial charge in [-0.2, -0.15) is 10.1 Å². The number of carbonyl (C=O) groups is 1. The number of amides is 1. The fourth-order valence-electron chi connectivity index (χ4n) is 3.75. The summed E-state index contributed by atoms with van der Waals surface area (Å²) in [6.07, 6.45) is 4.94. The maximum Gasteiger partial charge on any atom is 0.246 e. The number of carbonyl (C=O) groups excluding carboxylic acids is 1. The number of rotatable bonds is 3. The first-order valence-corrected chi connectivity index (χ1v) is 9.16. The van der Waals surface area contributed by atoms with E-state index in [2.05, 4.69) is 20.0 Å². The molecule has 1 amide bonds. The van der Waals surface area contributed by atoms with Crippen LogP contribution in [0, 0.1) is 17.6 Å². The molecule has 4 rings (SSSR count). The molecular formula is C19H20F2N6O. The van der Waals surface area contributed by atoms with Gasteiger partial charge in [0.1, 0.15) is 17.5 Å². The normalized spacial score (nSPS) is 20.0. The molecule has 3 heterocycles. The number of piperidine rings is 1. The summed E-state index contributed by atoms with van der Waals surface area (Å²) in [5.41, 5.74) is 6.05. The van der Waals surface area contributed by atoms with E-state index in [-0.39, 0.29) is 17.8 Å². The first kappa shape index (κ1) is 18.3. The average Bonchev–Trinajstić information content (AvgIpc) is 3.17. The number of aromatic nitrogens is 2. The Bertz CT molecular complexity index is 893. The molecule has 1 fully saturated rings. The minimum atomic E-state index is -0.660. The minimum absolute atomic E-state index is 0.120. The molecule has 0 spiro atoms. The van der Waals surface area contributed by atoms with Gasteiger partial charge in [-0.1, -0.05) is 0 Å². The fourth-order valence-corrected chi connectivity index (χ4v) is 3.75. The second-order valence-electron chi connectivity index (χ2n) is 6.97. The van der Waals surface area contributed by atoms with Crippen LogP contribution in [0.15, 0.2) is 35.6 Å². The van der Waals surface area contributed by atoms with Crippen LogP contribution in [0.25, 0.3) is 0 Å². The Hall–Kier alpha value is -3.10.